The average Bonchev–Trinajstić information content (AvgIpc) is 2.35. The zero-order chi connectivity index (χ0) is 14.4. The van der Waals surface area contributed by atoms with E-state index in [4.69, 9.17) is 5.11 Å². The van der Waals surface area contributed by atoms with Crippen molar-refractivity contribution in [3.05, 3.63) is 40.6 Å². The maximum atomic E-state index is 11.8. The minimum atomic E-state index is -1.14. The normalized spacial score (nSPS) is 12.8. The molecule has 0 unspecified atom stereocenters. The first-order chi connectivity index (χ1) is 8.93. The highest BCUT2D eigenvalue weighted by atomic mass is 32.1. The number of hydrogen-bond acceptors (Lipinski definition) is 4. The first kappa shape index (κ1) is 15.0. The molecule has 1 atom stereocenters. The summed E-state index contributed by atoms with van der Waals surface area (Å²) in [5, 5.41) is 21.9. The summed E-state index contributed by atoms with van der Waals surface area (Å²) in [6.45, 7) is 0. The number of benzene rings is 1. The van der Waals surface area contributed by atoms with Crippen LogP contribution in [-0.2, 0) is 4.79 Å². The molecule has 0 saturated heterocycles. The number of nitrogens with zero attached hydrogens (tertiary/aromatic N) is 1. The highest BCUT2D eigenvalue weighted by Crippen LogP contribution is 2.03. The molecule has 0 aliphatic carbocycles. The zero-order valence-electron chi connectivity index (χ0n) is 10.2. The molecular formula is C12H14N2O4S. The molecule has 1 aromatic carbocycles. The number of hydrogen-bond donors (Lipinski definition) is 3. The van der Waals surface area contributed by atoms with Crippen molar-refractivity contribution in [3.63, 3.8) is 0 Å². The van der Waals surface area contributed by atoms with Gasteiger partial charge in [0.2, 0.25) is 0 Å². The van der Waals surface area contributed by atoms with E-state index in [1.807, 2.05) is 0 Å². The second-order valence-corrected chi connectivity index (χ2v) is 4.21. The first-order valence-electron chi connectivity index (χ1n) is 5.43. The maximum absolute atomic E-state index is 11.8. The molecule has 0 fully saturated rings. The molecule has 6 nitrogen and oxygen atoms in total. The van der Waals surface area contributed by atoms with Gasteiger partial charge in [-0.1, -0.05) is 0 Å². The van der Waals surface area contributed by atoms with Crippen LogP contribution in [0.2, 0.25) is 0 Å². The molecule has 102 valence electrons. The Bertz CT molecular complexity index is 495. The van der Waals surface area contributed by atoms with Crippen molar-refractivity contribution < 1.29 is 19.4 Å². The van der Waals surface area contributed by atoms with E-state index in [1.165, 1.54) is 25.4 Å². The molecule has 0 heterocycles. The standard InChI is InChI=1S/C12H14N2O4S/c1-14(18)6-8-2-4-9(5-3-8)11(15)13-10(7-19)12(16)17/h2-6,10,19H,7H2,1H3,(H,13,15)(H,16,17)/b14-6-/t10-/m0/s1. The van der Waals surface area contributed by atoms with Gasteiger partial charge in [-0.3, -0.25) is 4.79 Å². The lowest BCUT2D eigenvalue weighted by atomic mass is 10.1. The third-order valence-electron chi connectivity index (χ3n) is 2.29. The molecule has 0 aliphatic heterocycles. The lowest BCUT2D eigenvalue weighted by Gasteiger charge is -2.11. The van der Waals surface area contributed by atoms with Crippen LogP contribution in [-0.4, -0.2) is 46.8 Å². The Morgan fingerprint density at radius 1 is 1.47 bits per heavy atom. The molecule has 1 aromatic rings. The van der Waals surface area contributed by atoms with Gasteiger partial charge in [0.05, 0.1) is 0 Å². The maximum Gasteiger partial charge on any atom is 0.327 e. The van der Waals surface area contributed by atoms with E-state index < -0.39 is 17.9 Å². The Morgan fingerprint density at radius 2 is 2.05 bits per heavy atom. The summed E-state index contributed by atoms with van der Waals surface area (Å²) in [5.74, 6) is -1.63. The molecule has 1 amide bonds. The van der Waals surface area contributed by atoms with Crippen LogP contribution in [0.15, 0.2) is 24.3 Å². The topological polar surface area (TPSA) is 92.5 Å². The van der Waals surface area contributed by atoms with E-state index in [-0.39, 0.29) is 5.75 Å². The van der Waals surface area contributed by atoms with Gasteiger partial charge in [0, 0.05) is 16.9 Å². The summed E-state index contributed by atoms with van der Waals surface area (Å²) >= 11 is 3.86. The average molecular weight is 282 g/mol. The highest BCUT2D eigenvalue weighted by Gasteiger charge is 2.18. The van der Waals surface area contributed by atoms with E-state index in [9.17, 15) is 14.8 Å². The monoisotopic (exact) mass is 282 g/mol. The number of carbonyl (C=O) groups is 2. The summed E-state index contributed by atoms with van der Waals surface area (Å²) in [5.41, 5.74) is 0.969. The molecule has 0 bridgehead atoms. The summed E-state index contributed by atoms with van der Waals surface area (Å²) in [4.78, 5) is 22.5. The van der Waals surface area contributed by atoms with E-state index in [2.05, 4.69) is 17.9 Å². The molecular weight excluding hydrogens is 268 g/mol. The minimum absolute atomic E-state index is 0.00785. The summed E-state index contributed by atoms with van der Waals surface area (Å²) in [6.07, 6.45) is 1.36. The minimum Gasteiger partial charge on any atom is -0.624 e. The Hall–Kier alpha value is -2.02. The Kier molecular flexibility index (Phi) is 5.37. The molecule has 0 aromatic heterocycles. The number of rotatable bonds is 5. The molecule has 0 saturated carbocycles. The molecule has 0 spiro atoms. The highest BCUT2D eigenvalue weighted by molar-refractivity contribution is 7.80. The van der Waals surface area contributed by atoms with E-state index >= 15 is 0 Å². The molecule has 2 N–H and O–H groups in total. The van der Waals surface area contributed by atoms with Crippen LogP contribution >= 0.6 is 12.6 Å². The van der Waals surface area contributed by atoms with Crippen LogP contribution in [0.25, 0.3) is 0 Å². The molecule has 0 aliphatic rings. The third kappa shape index (κ3) is 4.63. The smallest absolute Gasteiger partial charge is 0.327 e. The summed E-state index contributed by atoms with van der Waals surface area (Å²) in [6, 6.07) is 5.19. The first-order valence-corrected chi connectivity index (χ1v) is 6.06. The number of aliphatic carboxylic acids is 1. The molecule has 7 heteroatoms. The second kappa shape index (κ2) is 6.79. The second-order valence-electron chi connectivity index (χ2n) is 3.84. The van der Waals surface area contributed by atoms with Crippen molar-refractivity contribution >= 4 is 30.7 Å². The van der Waals surface area contributed by atoms with Crippen LogP contribution in [0.4, 0.5) is 0 Å². The van der Waals surface area contributed by atoms with Crippen molar-refractivity contribution in [1.82, 2.24) is 5.32 Å². The number of carboxylic acids is 1. The predicted molar refractivity (Wildman–Crippen MR) is 73.9 cm³/mol. The van der Waals surface area contributed by atoms with Gasteiger partial charge in [-0.05, 0) is 24.3 Å². The zero-order valence-corrected chi connectivity index (χ0v) is 11.1. The van der Waals surface area contributed by atoms with Crippen LogP contribution in [0, 0.1) is 5.21 Å². The van der Waals surface area contributed by atoms with Gasteiger partial charge in [0.15, 0.2) is 6.21 Å². The number of thiol groups is 1. The Balaban J connectivity index is 2.78. The van der Waals surface area contributed by atoms with E-state index in [1.54, 1.807) is 12.1 Å². The van der Waals surface area contributed by atoms with Crippen molar-refractivity contribution in [2.75, 3.05) is 12.8 Å². The third-order valence-corrected chi connectivity index (χ3v) is 2.65. The summed E-state index contributed by atoms with van der Waals surface area (Å²) in [7, 11) is 1.35. The van der Waals surface area contributed by atoms with Gasteiger partial charge in [0.1, 0.15) is 13.1 Å². The van der Waals surface area contributed by atoms with Gasteiger partial charge >= 0.3 is 5.97 Å². The number of nitrogens with one attached hydrogen (secondary N) is 1. The van der Waals surface area contributed by atoms with Gasteiger partial charge in [-0.2, -0.15) is 12.6 Å². The summed E-state index contributed by atoms with van der Waals surface area (Å²) < 4.78 is 0.649. The van der Waals surface area contributed by atoms with E-state index in [0.717, 1.165) is 0 Å². The van der Waals surface area contributed by atoms with Crippen molar-refractivity contribution in [3.8, 4) is 0 Å². The molecule has 0 radical (unpaired) electrons. The fourth-order valence-corrected chi connectivity index (χ4v) is 1.61. The number of amides is 1. The fourth-order valence-electron chi connectivity index (χ4n) is 1.36. The lowest BCUT2D eigenvalue weighted by molar-refractivity contribution is -0.416. The SMILES string of the molecule is C/[N+]([O-])=C/c1ccc(C(=O)N[C@@H](CS)C(=O)O)cc1. The Labute approximate surface area is 115 Å². The quantitative estimate of drug-likeness (QED) is 0.239. The van der Waals surface area contributed by atoms with Gasteiger partial charge in [-0.25, -0.2) is 9.53 Å². The Morgan fingerprint density at radius 3 is 2.47 bits per heavy atom. The van der Waals surface area contributed by atoms with Crippen LogP contribution < -0.4 is 5.32 Å². The lowest BCUT2D eigenvalue weighted by Crippen LogP contribution is -2.42. The number of carbonyl (C=O) groups excluding carboxylic acids is 1. The predicted octanol–water partition coefficient (Wildman–Crippen LogP) is 0.358. The number of carboxylic acid groups (broad SMARTS) is 1. The molecule has 1 rings (SSSR count). The van der Waals surface area contributed by atoms with Crippen molar-refractivity contribution in [2.45, 2.75) is 6.04 Å². The molecule has 19 heavy (non-hydrogen) atoms. The van der Waals surface area contributed by atoms with Gasteiger partial charge in [-0.15, -0.1) is 0 Å². The van der Waals surface area contributed by atoms with Crippen LogP contribution in [0.3, 0.4) is 0 Å². The number of hydroxylamine groups is 1. The van der Waals surface area contributed by atoms with Gasteiger partial charge in [0.25, 0.3) is 5.91 Å². The van der Waals surface area contributed by atoms with Crippen LogP contribution in [0.1, 0.15) is 15.9 Å². The van der Waals surface area contributed by atoms with Crippen LogP contribution in [0.5, 0.6) is 0 Å². The van der Waals surface area contributed by atoms with Crippen molar-refractivity contribution in [2.24, 2.45) is 0 Å². The fraction of sp³-hybridized carbons (Fsp3) is 0.250. The largest absolute Gasteiger partial charge is 0.624 e. The van der Waals surface area contributed by atoms with Gasteiger partial charge < -0.3 is 15.6 Å². The van der Waals surface area contributed by atoms with E-state index in [0.29, 0.717) is 15.9 Å². The van der Waals surface area contributed by atoms with Crippen molar-refractivity contribution in [1.29, 1.82) is 0 Å².